The van der Waals surface area contributed by atoms with E-state index < -0.39 is 29.8 Å². The Morgan fingerprint density at radius 3 is 2.57 bits per heavy atom. The van der Waals surface area contributed by atoms with Crippen LogP contribution in [-0.4, -0.2) is 54.5 Å². The second-order valence-corrected chi connectivity index (χ2v) is 9.76. The lowest BCUT2D eigenvalue weighted by Crippen LogP contribution is -2.54. The van der Waals surface area contributed by atoms with Crippen molar-refractivity contribution in [3.05, 3.63) is 84.2 Å². The molecular formula is C28H30N6O3. The van der Waals surface area contributed by atoms with Crippen LogP contribution >= 0.6 is 0 Å². The minimum absolute atomic E-state index is 0.0344. The molecule has 1 saturated heterocycles. The molecule has 0 unspecified atom stereocenters. The Balaban J connectivity index is 1.54. The van der Waals surface area contributed by atoms with Gasteiger partial charge in [0.15, 0.2) is 5.78 Å². The van der Waals surface area contributed by atoms with E-state index in [2.05, 4.69) is 26.3 Å². The van der Waals surface area contributed by atoms with E-state index in [1.807, 2.05) is 81.6 Å². The second kappa shape index (κ2) is 10.0. The maximum Gasteiger partial charge on any atom is 0.320 e. The van der Waals surface area contributed by atoms with Crippen LogP contribution < -0.4 is 21.3 Å². The maximum atomic E-state index is 13.3. The van der Waals surface area contributed by atoms with Gasteiger partial charge in [0.2, 0.25) is 0 Å². The fourth-order valence-electron chi connectivity index (χ4n) is 4.58. The Bertz CT molecular complexity index is 1340. The van der Waals surface area contributed by atoms with Crippen molar-refractivity contribution in [3.8, 4) is 0 Å². The number of amides is 2. The molecule has 0 bridgehead atoms. The maximum absolute atomic E-state index is 13.3. The number of anilines is 3. The van der Waals surface area contributed by atoms with Crippen LogP contribution in [0.3, 0.4) is 0 Å². The van der Waals surface area contributed by atoms with Gasteiger partial charge in [0.05, 0.1) is 18.0 Å². The summed E-state index contributed by atoms with van der Waals surface area (Å²) in [7, 11) is 1.81. The number of carbonyl (C=O) groups is 2. The summed E-state index contributed by atoms with van der Waals surface area (Å²) in [5.41, 5.74) is 3.72. The molecule has 3 heterocycles. The van der Waals surface area contributed by atoms with Gasteiger partial charge in [-0.3, -0.25) is 14.8 Å². The third-order valence-electron chi connectivity index (χ3n) is 6.58. The highest BCUT2D eigenvalue weighted by Gasteiger charge is 2.49. The molecule has 0 spiro atoms. The number of fused-ring (bicyclic) bond motifs is 1. The first-order valence-corrected chi connectivity index (χ1v) is 12.2. The topological polar surface area (TPSA) is 117 Å². The Morgan fingerprint density at radius 1 is 1.05 bits per heavy atom. The van der Waals surface area contributed by atoms with E-state index in [1.54, 1.807) is 12.3 Å². The highest BCUT2D eigenvalue weighted by molar-refractivity contribution is 6.15. The van der Waals surface area contributed by atoms with Crippen molar-refractivity contribution < 1.29 is 14.3 Å². The van der Waals surface area contributed by atoms with Crippen LogP contribution in [0.5, 0.6) is 0 Å². The van der Waals surface area contributed by atoms with Gasteiger partial charge in [-0.15, -0.1) is 0 Å². The Kier molecular flexibility index (Phi) is 6.62. The molecule has 1 fully saturated rings. The molecule has 0 aliphatic carbocycles. The molecule has 9 heteroatoms. The Hall–Kier alpha value is -4.24. The number of benzodiazepines with no additional fused rings is 1. The van der Waals surface area contributed by atoms with E-state index in [4.69, 9.17) is 9.73 Å². The molecule has 4 N–H and O–H groups in total. The van der Waals surface area contributed by atoms with E-state index in [0.29, 0.717) is 23.7 Å². The van der Waals surface area contributed by atoms with Gasteiger partial charge in [-0.1, -0.05) is 44.2 Å². The van der Waals surface area contributed by atoms with E-state index in [1.165, 1.54) is 0 Å². The molecule has 5 rings (SSSR count). The van der Waals surface area contributed by atoms with E-state index >= 15 is 0 Å². The number of carbonyl (C=O) groups excluding carboxylic acids is 2. The van der Waals surface area contributed by atoms with Crippen molar-refractivity contribution >= 4 is 34.6 Å². The van der Waals surface area contributed by atoms with Crippen LogP contribution in [0.25, 0.3) is 0 Å². The number of hydrogen-bond donors (Lipinski definition) is 4. The number of pyridine rings is 1. The fourth-order valence-corrected chi connectivity index (χ4v) is 4.58. The minimum Gasteiger partial charge on any atom is -0.388 e. The number of rotatable bonds is 5. The summed E-state index contributed by atoms with van der Waals surface area (Å²) >= 11 is 0. The van der Waals surface area contributed by atoms with Crippen LogP contribution in [0, 0.1) is 5.41 Å². The van der Waals surface area contributed by atoms with Crippen molar-refractivity contribution in [2.45, 2.75) is 32.2 Å². The molecule has 2 aromatic carbocycles. The lowest BCUT2D eigenvalue weighted by Gasteiger charge is -2.29. The first-order valence-electron chi connectivity index (χ1n) is 12.2. The number of nitrogens with one attached hydrogen (secondary N) is 4. The summed E-state index contributed by atoms with van der Waals surface area (Å²) in [5.74, 6) is -0.0344. The monoisotopic (exact) mass is 498 g/mol. The minimum atomic E-state index is -0.834. The number of ether oxygens (including phenoxy) is 1. The molecule has 9 nitrogen and oxygen atoms in total. The molecule has 0 radical (unpaired) electrons. The van der Waals surface area contributed by atoms with Gasteiger partial charge in [-0.05, 0) is 36.4 Å². The lowest BCUT2D eigenvalue weighted by molar-refractivity contribution is -0.127. The number of benzene rings is 2. The summed E-state index contributed by atoms with van der Waals surface area (Å²) in [5, 5.41) is 12.4. The molecule has 2 aliphatic rings. The molecule has 2 amide bonds. The van der Waals surface area contributed by atoms with Gasteiger partial charge < -0.3 is 26.0 Å². The van der Waals surface area contributed by atoms with Gasteiger partial charge in [0.1, 0.15) is 18.3 Å². The molecule has 2 aliphatic heterocycles. The van der Waals surface area contributed by atoms with Crippen molar-refractivity contribution in [1.82, 2.24) is 10.3 Å². The van der Waals surface area contributed by atoms with E-state index in [-0.39, 0.29) is 5.78 Å². The number of urea groups is 1. The van der Waals surface area contributed by atoms with Crippen molar-refractivity contribution in [2.75, 3.05) is 29.6 Å². The highest BCUT2D eigenvalue weighted by atomic mass is 16.5. The molecule has 0 saturated carbocycles. The smallest absolute Gasteiger partial charge is 0.320 e. The van der Waals surface area contributed by atoms with Crippen molar-refractivity contribution in [1.29, 1.82) is 0 Å². The first-order chi connectivity index (χ1) is 17.9. The van der Waals surface area contributed by atoms with Crippen LogP contribution in [0.4, 0.5) is 21.9 Å². The molecule has 37 heavy (non-hydrogen) atoms. The second-order valence-electron chi connectivity index (χ2n) is 9.76. The third kappa shape index (κ3) is 5.03. The molecule has 1 aromatic heterocycles. The zero-order chi connectivity index (χ0) is 26.0. The summed E-state index contributed by atoms with van der Waals surface area (Å²) < 4.78 is 6.01. The summed E-state index contributed by atoms with van der Waals surface area (Å²) in [6.45, 7) is 4.03. The number of ketones is 1. The van der Waals surface area contributed by atoms with Crippen LogP contribution in [0.2, 0.25) is 0 Å². The van der Waals surface area contributed by atoms with Gasteiger partial charge in [-0.2, -0.15) is 0 Å². The van der Waals surface area contributed by atoms with Crippen molar-refractivity contribution in [2.24, 2.45) is 10.4 Å². The predicted molar refractivity (Wildman–Crippen MR) is 144 cm³/mol. The SMILES string of the molecule is CNc1cccc(NC(=O)N[C@H]2N=C(c3ccccn3)c3ccccc3N[C@@H]2[C@H]2OCC(C)(C)C2=O)c1. The molecule has 3 aromatic rings. The number of hydrogen-bond acceptors (Lipinski definition) is 7. The van der Waals surface area contributed by atoms with Gasteiger partial charge in [0.25, 0.3) is 0 Å². The number of nitrogens with zero attached hydrogens (tertiary/aromatic N) is 2. The number of para-hydroxylation sites is 1. The summed E-state index contributed by atoms with van der Waals surface area (Å²) in [6.07, 6.45) is 0.0688. The Labute approximate surface area is 215 Å². The molecular weight excluding hydrogens is 468 g/mol. The normalized spacial score (nSPS) is 22.2. The number of Topliss-reactive ketones (excluding diaryl/α,β-unsaturated/α-hetero) is 1. The molecule has 3 atom stereocenters. The average molecular weight is 499 g/mol. The zero-order valence-corrected chi connectivity index (χ0v) is 21.0. The highest BCUT2D eigenvalue weighted by Crippen LogP contribution is 2.34. The largest absolute Gasteiger partial charge is 0.388 e. The first kappa shape index (κ1) is 24.5. The predicted octanol–water partition coefficient (Wildman–Crippen LogP) is 3.90. The summed E-state index contributed by atoms with van der Waals surface area (Å²) in [4.78, 5) is 36.0. The van der Waals surface area contributed by atoms with Crippen LogP contribution in [-0.2, 0) is 9.53 Å². The number of aromatic nitrogens is 1. The Morgan fingerprint density at radius 2 is 1.84 bits per heavy atom. The average Bonchev–Trinajstić information content (AvgIpc) is 3.07. The quantitative estimate of drug-likeness (QED) is 0.424. The molecule has 190 valence electrons. The summed E-state index contributed by atoms with van der Waals surface area (Å²) in [6, 6.07) is 19.6. The van der Waals surface area contributed by atoms with E-state index in [9.17, 15) is 9.59 Å². The van der Waals surface area contributed by atoms with Gasteiger partial charge in [0, 0.05) is 41.3 Å². The zero-order valence-electron chi connectivity index (χ0n) is 21.0. The lowest BCUT2D eigenvalue weighted by atomic mass is 9.86. The number of aliphatic imine (C=N–C) groups is 1. The van der Waals surface area contributed by atoms with Gasteiger partial charge >= 0.3 is 6.03 Å². The van der Waals surface area contributed by atoms with Crippen LogP contribution in [0.15, 0.2) is 77.9 Å². The fraction of sp³-hybridized carbons (Fsp3) is 0.286. The van der Waals surface area contributed by atoms with Crippen LogP contribution in [0.1, 0.15) is 25.1 Å². The van der Waals surface area contributed by atoms with E-state index in [0.717, 1.165) is 16.9 Å². The standard InChI is InChI=1S/C28H30N6O3/c1-28(2)16-37-24(25(28)35)23-26(34-27(36)31-18-10-8-9-17(15-18)29-3)33-22(21-13-6-7-14-30-21)19-11-4-5-12-20(19)32-23/h4-15,23-24,26,29,32H,16H2,1-3H3,(H2,31,34,36)/t23-,24-,26-/m1/s1. The van der Waals surface area contributed by atoms with Gasteiger partial charge in [-0.25, -0.2) is 4.79 Å². The third-order valence-corrected chi connectivity index (χ3v) is 6.58. The van der Waals surface area contributed by atoms with Crippen molar-refractivity contribution in [3.63, 3.8) is 0 Å².